The minimum atomic E-state index is -0.456. The number of hydrogen-bond donors (Lipinski definition) is 3. The number of rotatable bonds is 6. The average Bonchev–Trinajstić information content (AvgIpc) is 2.37. The molecule has 4 nitrogen and oxygen atoms in total. The number of nitrogen functional groups attached to an aromatic ring is 1. The summed E-state index contributed by atoms with van der Waals surface area (Å²) >= 11 is 0. The van der Waals surface area contributed by atoms with Crippen LogP contribution in [-0.2, 0) is 0 Å². The molecule has 100 valence electrons. The first kappa shape index (κ1) is 14.4. The van der Waals surface area contributed by atoms with E-state index in [0.717, 1.165) is 24.9 Å². The average molecular weight is 249 g/mol. The van der Waals surface area contributed by atoms with Crippen LogP contribution in [0.15, 0.2) is 18.2 Å². The maximum Gasteiger partial charge on any atom is 0.250 e. The van der Waals surface area contributed by atoms with Crippen LogP contribution in [0.2, 0.25) is 0 Å². The number of anilines is 2. The monoisotopic (exact) mass is 249 g/mol. The van der Waals surface area contributed by atoms with Crippen molar-refractivity contribution >= 4 is 17.3 Å². The molecule has 0 aliphatic rings. The van der Waals surface area contributed by atoms with E-state index in [2.05, 4.69) is 26.1 Å². The zero-order valence-electron chi connectivity index (χ0n) is 11.4. The maximum absolute atomic E-state index is 11.5. The predicted molar refractivity (Wildman–Crippen MR) is 76.6 cm³/mol. The Morgan fingerprint density at radius 3 is 2.22 bits per heavy atom. The van der Waals surface area contributed by atoms with Crippen molar-refractivity contribution in [1.29, 1.82) is 0 Å². The van der Waals surface area contributed by atoms with E-state index in [0.29, 0.717) is 11.3 Å². The van der Waals surface area contributed by atoms with Crippen molar-refractivity contribution in [2.75, 3.05) is 11.1 Å². The van der Waals surface area contributed by atoms with Gasteiger partial charge in [0.25, 0.3) is 5.91 Å². The lowest BCUT2D eigenvalue weighted by Gasteiger charge is -2.33. The van der Waals surface area contributed by atoms with Gasteiger partial charge < -0.3 is 16.8 Å². The van der Waals surface area contributed by atoms with E-state index in [4.69, 9.17) is 11.5 Å². The van der Waals surface area contributed by atoms with Gasteiger partial charge in [0.15, 0.2) is 0 Å². The molecule has 1 amide bonds. The fraction of sp³-hybridized carbons (Fsp3) is 0.500. The highest BCUT2D eigenvalue weighted by Crippen LogP contribution is 2.28. The zero-order valence-corrected chi connectivity index (χ0v) is 11.4. The van der Waals surface area contributed by atoms with Crippen molar-refractivity contribution in [3.8, 4) is 0 Å². The van der Waals surface area contributed by atoms with E-state index < -0.39 is 5.91 Å². The predicted octanol–water partition coefficient (Wildman–Crippen LogP) is 2.75. The number of nitrogens with two attached hydrogens (primary N) is 2. The van der Waals surface area contributed by atoms with Gasteiger partial charge in [-0.1, -0.05) is 20.8 Å². The molecule has 0 saturated heterocycles. The van der Waals surface area contributed by atoms with E-state index in [9.17, 15) is 4.79 Å². The largest absolute Gasteiger partial charge is 0.399 e. The Kier molecular flexibility index (Phi) is 4.59. The summed E-state index contributed by atoms with van der Waals surface area (Å²) in [6.07, 6.45) is 2.97. The Balaban J connectivity index is 3.13. The summed E-state index contributed by atoms with van der Waals surface area (Å²) in [6.45, 7) is 6.42. The molecule has 0 unspecified atom stereocenters. The minimum absolute atomic E-state index is 0.000313. The molecule has 0 aliphatic carbocycles. The smallest absolute Gasteiger partial charge is 0.250 e. The lowest BCUT2D eigenvalue weighted by atomic mass is 9.89. The molecule has 0 aromatic heterocycles. The van der Waals surface area contributed by atoms with Crippen LogP contribution in [0.1, 0.15) is 50.4 Å². The first-order valence-corrected chi connectivity index (χ1v) is 6.45. The molecular weight excluding hydrogens is 226 g/mol. The standard InChI is InChI=1S/C14H23N3O/c1-4-14(5-2,6-3)17-12-8-7-10(15)9-11(12)13(16)18/h7-9,17H,4-6,15H2,1-3H3,(H2,16,18). The van der Waals surface area contributed by atoms with Gasteiger partial charge in [-0.25, -0.2) is 0 Å². The molecular formula is C14H23N3O. The number of primary amides is 1. The Morgan fingerprint density at radius 1 is 1.22 bits per heavy atom. The Hall–Kier alpha value is -1.71. The first-order chi connectivity index (χ1) is 8.48. The Bertz CT molecular complexity index is 417. The second-order valence-electron chi connectivity index (χ2n) is 4.64. The number of hydrogen-bond acceptors (Lipinski definition) is 3. The van der Waals surface area contributed by atoms with E-state index in [-0.39, 0.29) is 5.54 Å². The summed E-state index contributed by atoms with van der Waals surface area (Å²) in [4.78, 5) is 11.5. The molecule has 18 heavy (non-hydrogen) atoms. The van der Waals surface area contributed by atoms with Crippen LogP contribution in [0.3, 0.4) is 0 Å². The van der Waals surface area contributed by atoms with Gasteiger partial charge >= 0.3 is 0 Å². The first-order valence-electron chi connectivity index (χ1n) is 6.45. The number of amides is 1. The lowest BCUT2D eigenvalue weighted by Crippen LogP contribution is -2.37. The lowest BCUT2D eigenvalue weighted by molar-refractivity contribution is 0.100. The Labute approximate surface area is 109 Å². The van der Waals surface area contributed by atoms with Gasteiger partial charge in [-0.05, 0) is 37.5 Å². The summed E-state index contributed by atoms with van der Waals surface area (Å²) < 4.78 is 0. The third kappa shape index (κ3) is 2.94. The van der Waals surface area contributed by atoms with Gasteiger partial charge in [0, 0.05) is 16.9 Å². The highest BCUT2D eigenvalue weighted by atomic mass is 16.1. The van der Waals surface area contributed by atoms with E-state index in [1.165, 1.54) is 0 Å². The van der Waals surface area contributed by atoms with E-state index in [1.54, 1.807) is 12.1 Å². The molecule has 0 atom stereocenters. The van der Waals surface area contributed by atoms with Crippen molar-refractivity contribution < 1.29 is 4.79 Å². The van der Waals surface area contributed by atoms with Gasteiger partial charge in [-0.15, -0.1) is 0 Å². The molecule has 0 aliphatic heterocycles. The van der Waals surface area contributed by atoms with Crippen molar-refractivity contribution in [3.63, 3.8) is 0 Å². The fourth-order valence-corrected chi connectivity index (χ4v) is 2.18. The molecule has 1 rings (SSSR count). The number of carbonyl (C=O) groups excluding carboxylic acids is 1. The minimum Gasteiger partial charge on any atom is -0.399 e. The van der Waals surface area contributed by atoms with Gasteiger partial charge in [-0.3, -0.25) is 4.79 Å². The second kappa shape index (κ2) is 5.76. The van der Waals surface area contributed by atoms with Gasteiger partial charge in [0.2, 0.25) is 0 Å². The molecule has 1 aromatic carbocycles. The van der Waals surface area contributed by atoms with Crippen LogP contribution in [0.25, 0.3) is 0 Å². The van der Waals surface area contributed by atoms with Gasteiger partial charge in [-0.2, -0.15) is 0 Å². The number of nitrogens with one attached hydrogen (secondary N) is 1. The SMILES string of the molecule is CCC(CC)(CC)Nc1ccc(N)cc1C(N)=O. The molecule has 0 heterocycles. The fourth-order valence-electron chi connectivity index (χ4n) is 2.18. The summed E-state index contributed by atoms with van der Waals surface area (Å²) in [6, 6.07) is 5.22. The van der Waals surface area contributed by atoms with Crippen molar-refractivity contribution in [2.45, 2.75) is 45.6 Å². The summed E-state index contributed by atoms with van der Waals surface area (Å²) in [5.41, 5.74) is 12.8. The topological polar surface area (TPSA) is 81.1 Å². The summed E-state index contributed by atoms with van der Waals surface area (Å²) in [5.74, 6) is -0.456. The van der Waals surface area contributed by atoms with Crippen LogP contribution < -0.4 is 16.8 Å². The van der Waals surface area contributed by atoms with Crippen LogP contribution in [0.5, 0.6) is 0 Å². The van der Waals surface area contributed by atoms with Gasteiger partial charge in [0.05, 0.1) is 5.56 Å². The van der Waals surface area contributed by atoms with Crippen molar-refractivity contribution in [3.05, 3.63) is 23.8 Å². The molecule has 0 saturated carbocycles. The number of carbonyl (C=O) groups is 1. The zero-order chi connectivity index (χ0) is 13.8. The maximum atomic E-state index is 11.5. The third-order valence-corrected chi connectivity index (χ3v) is 3.74. The number of benzene rings is 1. The van der Waals surface area contributed by atoms with Crippen LogP contribution in [0.4, 0.5) is 11.4 Å². The third-order valence-electron chi connectivity index (χ3n) is 3.74. The summed E-state index contributed by atoms with van der Waals surface area (Å²) in [7, 11) is 0. The molecule has 5 N–H and O–H groups in total. The van der Waals surface area contributed by atoms with E-state index in [1.807, 2.05) is 6.07 Å². The highest BCUT2D eigenvalue weighted by molar-refractivity contribution is 5.99. The highest BCUT2D eigenvalue weighted by Gasteiger charge is 2.25. The quantitative estimate of drug-likeness (QED) is 0.678. The van der Waals surface area contributed by atoms with Crippen molar-refractivity contribution in [2.24, 2.45) is 5.73 Å². The van der Waals surface area contributed by atoms with Crippen LogP contribution in [0, 0.1) is 0 Å². The molecule has 1 aromatic rings. The second-order valence-corrected chi connectivity index (χ2v) is 4.64. The molecule has 0 fully saturated rings. The van der Waals surface area contributed by atoms with Crippen LogP contribution in [-0.4, -0.2) is 11.4 Å². The molecule has 0 spiro atoms. The molecule has 0 bridgehead atoms. The van der Waals surface area contributed by atoms with Crippen LogP contribution >= 0.6 is 0 Å². The van der Waals surface area contributed by atoms with E-state index >= 15 is 0 Å². The summed E-state index contributed by atoms with van der Waals surface area (Å²) in [5, 5.41) is 3.46. The van der Waals surface area contributed by atoms with Crippen molar-refractivity contribution in [1.82, 2.24) is 0 Å². The van der Waals surface area contributed by atoms with Gasteiger partial charge in [0.1, 0.15) is 0 Å². The molecule has 4 heteroatoms. The molecule has 0 radical (unpaired) electrons. The normalized spacial score (nSPS) is 11.3. The Morgan fingerprint density at radius 2 is 1.78 bits per heavy atom.